The zero-order chi connectivity index (χ0) is 23.0. The number of carbonyl (C=O) groups excluding carboxylic acids is 1. The summed E-state index contributed by atoms with van der Waals surface area (Å²) >= 11 is 0. The van der Waals surface area contributed by atoms with Crippen LogP contribution in [0.25, 0.3) is 10.8 Å². The lowest BCUT2D eigenvalue weighted by atomic mass is 9.75. The average molecular weight is 438 g/mol. The summed E-state index contributed by atoms with van der Waals surface area (Å²) in [5, 5.41) is 9.86. The van der Waals surface area contributed by atoms with Gasteiger partial charge in [-0.3, -0.25) is 10.2 Å². The molecule has 0 fully saturated rings. The SMILES string of the molecule is Cc1c(C(=O)Nc2cccc3ccccc23)oc2c1/C(=N\Nc1ccccc1)CC(C)(C)C2. The van der Waals surface area contributed by atoms with Gasteiger partial charge in [0.2, 0.25) is 0 Å². The molecule has 5 rings (SSSR count). The molecule has 1 aliphatic carbocycles. The van der Waals surface area contributed by atoms with Gasteiger partial charge in [0.1, 0.15) is 5.76 Å². The number of benzene rings is 3. The first-order valence-corrected chi connectivity index (χ1v) is 11.2. The van der Waals surface area contributed by atoms with Crippen LogP contribution in [0.1, 0.15) is 47.7 Å². The van der Waals surface area contributed by atoms with Crippen LogP contribution in [-0.4, -0.2) is 11.6 Å². The van der Waals surface area contributed by atoms with E-state index in [1.54, 1.807) is 0 Å². The topological polar surface area (TPSA) is 66.6 Å². The zero-order valence-corrected chi connectivity index (χ0v) is 19.1. The number of anilines is 2. The lowest BCUT2D eigenvalue weighted by Gasteiger charge is -2.29. The predicted octanol–water partition coefficient (Wildman–Crippen LogP) is 6.78. The minimum atomic E-state index is -0.244. The number of hydrazone groups is 1. The minimum Gasteiger partial charge on any atom is -0.455 e. The summed E-state index contributed by atoms with van der Waals surface area (Å²) in [5.74, 6) is 0.921. The molecule has 2 N–H and O–H groups in total. The number of hydrogen-bond acceptors (Lipinski definition) is 4. The maximum atomic E-state index is 13.3. The molecule has 1 aliphatic rings. The first-order chi connectivity index (χ1) is 15.9. The smallest absolute Gasteiger partial charge is 0.291 e. The van der Waals surface area contributed by atoms with Crippen LogP contribution in [-0.2, 0) is 6.42 Å². The summed E-state index contributed by atoms with van der Waals surface area (Å²) in [6.07, 6.45) is 1.56. The summed E-state index contributed by atoms with van der Waals surface area (Å²) in [5.41, 5.74) is 7.52. The van der Waals surface area contributed by atoms with Gasteiger partial charge in [-0.25, -0.2) is 0 Å². The highest BCUT2D eigenvalue weighted by atomic mass is 16.4. The standard InChI is InChI=1S/C28H27N3O2/c1-18-25-23(31-30-20-12-5-4-6-13-20)16-28(2,3)17-24(25)33-26(18)27(32)29-22-15-9-11-19-10-7-8-14-21(19)22/h4-15,30H,16-17H2,1-3H3,(H,29,32)/b31-23-. The molecule has 33 heavy (non-hydrogen) atoms. The fourth-order valence-corrected chi connectivity index (χ4v) is 4.58. The monoisotopic (exact) mass is 437 g/mol. The van der Waals surface area contributed by atoms with Gasteiger partial charge in [-0.1, -0.05) is 68.4 Å². The van der Waals surface area contributed by atoms with Crippen molar-refractivity contribution in [3.8, 4) is 0 Å². The molecule has 1 amide bonds. The molecule has 166 valence electrons. The Hall–Kier alpha value is -3.86. The van der Waals surface area contributed by atoms with Crippen LogP contribution in [0, 0.1) is 12.3 Å². The molecule has 0 saturated heterocycles. The molecule has 0 radical (unpaired) electrons. The third kappa shape index (κ3) is 4.14. The van der Waals surface area contributed by atoms with Crippen molar-refractivity contribution < 1.29 is 9.21 Å². The number of carbonyl (C=O) groups is 1. The summed E-state index contributed by atoms with van der Waals surface area (Å²) in [4.78, 5) is 13.3. The quantitative estimate of drug-likeness (QED) is 0.346. The molecule has 5 heteroatoms. The molecule has 3 aromatic carbocycles. The molecule has 0 saturated carbocycles. The number of nitrogens with one attached hydrogen (secondary N) is 2. The third-order valence-electron chi connectivity index (χ3n) is 6.13. The van der Waals surface area contributed by atoms with E-state index in [9.17, 15) is 4.79 Å². The van der Waals surface area contributed by atoms with Crippen molar-refractivity contribution in [3.05, 3.63) is 95.4 Å². The number of fused-ring (bicyclic) bond motifs is 2. The third-order valence-corrected chi connectivity index (χ3v) is 6.13. The number of amides is 1. The van der Waals surface area contributed by atoms with Gasteiger partial charge >= 0.3 is 0 Å². The Morgan fingerprint density at radius 1 is 0.939 bits per heavy atom. The second-order valence-electron chi connectivity index (χ2n) is 9.39. The Morgan fingerprint density at radius 2 is 1.67 bits per heavy atom. The highest BCUT2D eigenvalue weighted by molar-refractivity contribution is 6.11. The van der Waals surface area contributed by atoms with Gasteiger partial charge in [-0.15, -0.1) is 0 Å². The van der Waals surface area contributed by atoms with Gasteiger partial charge in [0.25, 0.3) is 5.91 Å². The van der Waals surface area contributed by atoms with Crippen molar-refractivity contribution in [2.24, 2.45) is 10.5 Å². The van der Waals surface area contributed by atoms with Gasteiger partial charge in [-0.2, -0.15) is 5.10 Å². The Morgan fingerprint density at radius 3 is 2.48 bits per heavy atom. The summed E-state index contributed by atoms with van der Waals surface area (Å²) in [6, 6.07) is 23.8. The van der Waals surface area contributed by atoms with Crippen LogP contribution in [0.3, 0.4) is 0 Å². The van der Waals surface area contributed by atoms with E-state index in [2.05, 4.69) is 24.6 Å². The Balaban J connectivity index is 1.49. The lowest BCUT2D eigenvalue weighted by molar-refractivity contribution is 0.0993. The van der Waals surface area contributed by atoms with Crippen molar-refractivity contribution in [2.45, 2.75) is 33.6 Å². The van der Waals surface area contributed by atoms with Gasteiger partial charge in [-0.05, 0) is 42.3 Å². The molecule has 5 nitrogen and oxygen atoms in total. The van der Waals surface area contributed by atoms with Gasteiger partial charge in [0, 0.05) is 28.6 Å². The summed E-state index contributed by atoms with van der Waals surface area (Å²) in [7, 11) is 0. The Kier molecular flexibility index (Phi) is 5.25. The van der Waals surface area contributed by atoms with E-state index in [1.165, 1.54) is 0 Å². The Bertz CT molecular complexity index is 1360. The zero-order valence-electron chi connectivity index (χ0n) is 19.1. The molecule has 0 aliphatic heterocycles. The van der Waals surface area contributed by atoms with Gasteiger partial charge in [0.15, 0.2) is 5.76 Å². The molecule has 0 unspecified atom stereocenters. The molecule has 0 atom stereocenters. The van der Waals surface area contributed by atoms with Crippen LogP contribution in [0.5, 0.6) is 0 Å². The van der Waals surface area contributed by atoms with E-state index < -0.39 is 0 Å². The number of nitrogens with zero attached hydrogens (tertiary/aromatic N) is 1. The van der Waals surface area contributed by atoms with Crippen LogP contribution in [0.15, 0.2) is 82.3 Å². The number of hydrogen-bond donors (Lipinski definition) is 2. The second kappa shape index (κ2) is 8.24. The number of rotatable bonds is 4. The van der Waals surface area contributed by atoms with E-state index >= 15 is 0 Å². The highest BCUT2D eigenvalue weighted by Crippen LogP contribution is 2.39. The largest absolute Gasteiger partial charge is 0.455 e. The molecular weight excluding hydrogens is 410 g/mol. The van der Waals surface area contributed by atoms with Crippen molar-refractivity contribution in [1.29, 1.82) is 0 Å². The van der Waals surface area contributed by atoms with E-state index in [0.29, 0.717) is 5.76 Å². The van der Waals surface area contributed by atoms with Crippen LogP contribution < -0.4 is 10.7 Å². The fraction of sp³-hybridized carbons (Fsp3) is 0.214. The summed E-state index contributed by atoms with van der Waals surface area (Å²) < 4.78 is 6.18. The minimum absolute atomic E-state index is 0.0160. The average Bonchev–Trinajstić information content (AvgIpc) is 3.13. The lowest BCUT2D eigenvalue weighted by Crippen LogP contribution is -2.27. The maximum absolute atomic E-state index is 13.3. The number of para-hydroxylation sites is 1. The first-order valence-electron chi connectivity index (χ1n) is 11.2. The molecule has 0 bridgehead atoms. The van der Waals surface area contributed by atoms with Gasteiger partial charge in [0.05, 0.1) is 11.4 Å². The molecule has 4 aromatic rings. The highest BCUT2D eigenvalue weighted by Gasteiger charge is 2.36. The van der Waals surface area contributed by atoms with Crippen LogP contribution in [0.2, 0.25) is 0 Å². The summed E-state index contributed by atoms with van der Waals surface area (Å²) in [6.45, 7) is 6.33. The van der Waals surface area contributed by atoms with E-state index in [-0.39, 0.29) is 11.3 Å². The van der Waals surface area contributed by atoms with Crippen LogP contribution >= 0.6 is 0 Å². The van der Waals surface area contributed by atoms with E-state index in [1.807, 2.05) is 79.7 Å². The molecule has 1 heterocycles. The second-order valence-corrected chi connectivity index (χ2v) is 9.39. The van der Waals surface area contributed by atoms with E-state index in [4.69, 9.17) is 9.52 Å². The van der Waals surface area contributed by atoms with Crippen molar-refractivity contribution in [1.82, 2.24) is 0 Å². The van der Waals surface area contributed by atoms with Crippen LogP contribution in [0.4, 0.5) is 11.4 Å². The van der Waals surface area contributed by atoms with Crippen molar-refractivity contribution in [2.75, 3.05) is 10.7 Å². The normalized spacial score (nSPS) is 15.9. The van der Waals surface area contributed by atoms with Gasteiger partial charge < -0.3 is 9.73 Å². The fourth-order valence-electron chi connectivity index (χ4n) is 4.58. The van der Waals surface area contributed by atoms with E-state index in [0.717, 1.165) is 57.6 Å². The first kappa shape index (κ1) is 21.0. The Labute approximate surface area is 193 Å². The van der Waals surface area contributed by atoms with Crippen molar-refractivity contribution in [3.63, 3.8) is 0 Å². The molecule has 0 spiro atoms. The molecular formula is C28H27N3O2. The van der Waals surface area contributed by atoms with Crippen molar-refractivity contribution >= 4 is 33.8 Å². The number of furan rings is 1. The predicted molar refractivity (Wildman–Crippen MR) is 134 cm³/mol. The maximum Gasteiger partial charge on any atom is 0.291 e. The molecule has 1 aromatic heterocycles.